The molecule has 0 aromatic heterocycles. The molecule has 19 heavy (non-hydrogen) atoms. The fraction of sp³-hybridized carbons (Fsp3) is 0.533. The molecule has 4 heteroatoms. The smallest absolute Gasteiger partial charge is 0.314 e. The lowest BCUT2D eigenvalue weighted by Crippen LogP contribution is -2.32. The highest BCUT2D eigenvalue weighted by Gasteiger charge is 2.31. The van der Waals surface area contributed by atoms with Crippen molar-refractivity contribution in [2.75, 3.05) is 0 Å². The predicted octanol–water partition coefficient (Wildman–Crippen LogP) is 3.83. The molecule has 0 spiro atoms. The minimum absolute atomic E-state index is 0.0829. The first-order valence-electron chi connectivity index (χ1n) is 6.76. The second-order valence-electron chi connectivity index (χ2n) is 5.25. The van der Waals surface area contributed by atoms with Crippen molar-refractivity contribution < 1.29 is 14.6 Å². The van der Waals surface area contributed by atoms with E-state index in [2.05, 4.69) is 15.9 Å². The highest BCUT2D eigenvalue weighted by molar-refractivity contribution is 9.10. The van der Waals surface area contributed by atoms with E-state index in [0.717, 1.165) is 30.2 Å². The van der Waals surface area contributed by atoms with E-state index in [4.69, 9.17) is 4.74 Å². The van der Waals surface area contributed by atoms with E-state index in [1.165, 1.54) is 0 Å². The average molecular weight is 327 g/mol. The summed E-state index contributed by atoms with van der Waals surface area (Å²) in [6.45, 7) is 0. The third-order valence-corrected chi connectivity index (χ3v) is 4.03. The minimum Gasteiger partial charge on any atom is -0.426 e. The van der Waals surface area contributed by atoms with Gasteiger partial charge in [-0.15, -0.1) is 0 Å². The maximum atomic E-state index is 11.9. The fourth-order valence-corrected chi connectivity index (χ4v) is 2.91. The molecule has 104 valence electrons. The molecule has 1 aliphatic carbocycles. The molecular weight excluding hydrogens is 308 g/mol. The summed E-state index contributed by atoms with van der Waals surface area (Å²) in [6.07, 6.45) is 5.73. The highest BCUT2D eigenvalue weighted by atomic mass is 79.9. The number of hydrogen-bond donors (Lipinski definition) is 1. The average Bonchev–Trinajstić information content (AvgIpc) is 2.53. The number of aliphatic hydroxyl groups is 1. The van der Waals surface area contributed by atoms with Crippen LogP contribution in [-0.4, -0.2) is 16.7 Å². The summed E-state index contributed by atoms with van der Waals surface area (Å²) in [7, 11) is 0. The number of carbonyl (C=O) groups is 1. The lowest BCUT2D eigenvalue weighted by atomic mass is 9.91. The van der Waals surface area contributed by atoms with Crippen LogP contribution in [0.5, 0.6) is 5.75 Å². The standard InChI is InChI=1S/C15H19BrO3/c16-12-6-5-7-13(10-12)19-14(17)11-15(18)8-3-1-2-4-9-15/h5-7,10,18H,1-4,8-9,11H2. The number of carbonyl (C=O) groups excluding carboxylic acids is 1. The lowest BCUT2D eigenvalue weighted by molar-refractivity contribution is -0.140. The summed E-state index contributed by atoms with van der Waals surface area (Å²) in [5, 5.41) is 10.4. The van der Waals surface area contributed by atoms with Crippen molar-refractivity contribution in [3.8, 4) is 5.75 Å². The molecule has 1 saturated carbocycles. The zero-order valence-electron chi connectivity index (χ0n) is 10.9. The zero-order chi connectivity index (χ0) is 13.7. The molecule has 0 atom stereocenters. The Morgan fingerprint density at radius 2 is 1.95 bits per heavy atom. The molecule has 1 N–H and O–H groups in total. The van der Waals surface area contributed by atoms with Gasteiger partial charge in [0.05, 0.1) is 12.0 Å². The van der Waals surface area contributed by atoms with Crippen LogP contribution in [0, 0.1) is 0 Å². The molecule has 0 aliphatic heterocycles. The van der Waals surface area contributed by atoms with Gasteiger partial charge in [-0.25, -0.2) is 0 Å². The number of benzene rings is 1. The number of halogens is 1. The third kappa shape index (κ3) is 4.62. The van der Waals surface area contributed by atoms with E-state index in [-0.39, 0.29) is 12.4 Å². The number of esters is 1. The first kappa shape index (κ1) is 14.5. The summed E-state index contributed by atoms with van der Waals surface area (Å²) in [5.74, 6) is 0.152. The van der Waals surface area contributed by atoms with Gasteiger partial charge in [0.2, 0.25) is 0 Å². The second-order valence-corrected chi connectivity index (χ2v) is 6.16. The largest absolute Gasteiger partial charge is 0.426 e. The lowest BCUT2D eigenvalue weighted by Gasteiger charge is -2.25. The molecule has 1 aromatic rings. The van der Waals surface area contributed by atoms with Crippen LogP contribution in [0.3, 0.4) is 0 Å². The third-order valence-electron chi connectivity index (χ3n) is 3.54. The maximum Gasteiger partial charge on any atom is 0.314 e. The number of rotatable bonds is 3. The zero-order valence-corrected chi connectivity index (χ0v) is 12.5. The van der Waals surface area contributed by atoms with Gasteiger partial charge >= 0.3 is 5.97 Å². The van der Waals surface area contributed by atoms with Gasteiger partial charge in [0.15, 0.2) is 0 Å². The van der Waals surface area contributed by atoms with E-state index in [0.29, 0.717) is 18.6 Å². The van der Waals surface area contributed by atoms with E-state index >= 15 is 0 Å². The van der Waals surface area contributed by atoms with Gasteiger partial charge in [-0.1, -0.05) is 47.7 Å². The quantitative estimate of drug-likeness (QED) is 0.521. The molecule has 3 nitrogen and oxygen atoms in total. The first-order valence-corrected chi connectivity index (χ1v) is 7.55. The molecule has 0 radical (unpaired) electrons. The van der Waals surface area contributed by atoms with Crippen molar-refractivity contribution in [2.45, 2.75) is 50.5 Å². The molecule has 1 aliphatic rings. The maximum absolute atomic E-state index is 11.9. The Kier molecular flexibility index (Phi) is 4.99. The fourth-order valence-electron chi connectivity index (χ4n) is 2.53. The Balaban J connectivity index is 1.93. The van der Waals surface area contributed by atoms with Crippen molar-refractivity contribution in [3.05, 3.63) is 28.7 Å². The molecular formula is C15H19BrO3. The van der Waals surface area contributed by atoms with Crippen molar-refractivity contribution in [1.82, 2.24) is 0 Å². The number of ether oxygens (including phenoxy) is 1. The highest BCUT2D eigenvalue weighted by Crippen LogP contribution is 2.30. The van der Waals surface area contributed by atoms with Crippen molar-refractivity contribution in [3.63, 3.8) is 0 Å². The Bertz CT molecular complexity index is 437. The molecule has 1 fully saturated rings. The van der Waals surface area contributed by atoms with Crippen molar-refractivity contribution >= 4 is 21.9 Å². The van der Waals surface area contributed by atoms with E-state index in [1.807, 2.05) is 12.1 Å². The van der Waals surface area contributed by atoms with Gasteiger partial charge in [-0.2, -0.15) is 0 Å². The van der Waals surface area contributed by atoms with Crippen LogP contribution < -0.4 is 4.74 Å². The van der Waals surface area contributed by atoms with Crippen LogP contribution in [0.25, 0.3) is 0 Å². The molecule has 0 saturated heterocycles. The normalized spacial score (nSPS) is 18.6. The Labute approximate surface area is 122 Å². The van der Waals surface area contributed by atoms with Gasteiger partial charge in [0, 0.05) is 4.47 Å². The van der Waals surface area contributed by atoms with Crippen LogP contribution in [0.4, 0.5) is 0 Å². The Morgan fingerprint density at radius 3 is 2.58 bits per heavy atom. The Morgan fingerprint density at radius 1 is 1.26 bits per heavy atom. The minimum atomic E-state index is -0.875. The van der Waals surface area contributed by atoms with Crippen LogP contribution in [0.2, 0.25) is 0 Å². The van der Waals surface area contributed by atoms with E-state index < -0.39 is 5.60 Å². The van der Waals surface area contributed by atoms with Crippen LogP contribution in [-0.2, 0) is 4.79 Å². The molecule has 0 heterocycles. The van der Waals surface area contributed by atoms with Crippen LogP contribution >= 0.6 is 15.9 Å². The molecule has 0 amide bonds. The summed E-state index contributed by atoms with van der Waals surface area (Å²) < 4.78 is 6.14. The second kappa shape index (κ2) is 6.53. The van der Waals surface area contributed by atoms with E-state index in [1.54, 1.807) is 12.1 Å². The van der Waals surface area contributed by atoms with Gasteiger partial charge < -0.3 is 9.84 Å². The molecule has 0 unspecified atom stereocenters. The monoisotopic (exact) mass is 326 g/mol. The number of hydrogen-bond acceptors (Lipinski definition) is 3. The summed E-state index contributed by atoms with van der Waals surface area (Å²) in [4.78, 5) is 11.9. The van der Waals surface area contributed by atoms with Crippen molar-refractivity contribution in [1.29, 1.82) is 0 Å². The van der Waals surface area contributed by atoms with Crippen molar-refractivity contribution in [2.24, 2.45) is 0 Å². The molecule has 1 aromatic carbocycles. The summed E-state index contributed by atoms with van der Waals surface area (Å²) >= 11 is 3.33. The molecule has 0 bridgehead atoms. The van der Waals surface area contributed by atoms with Gasteiger partial charge in [0.25, 0.3) is 0 Å². The first-order chi connectivity index (χ1) is 9.07. The van der Waals surface area contributed by atoms with Crippen LogP contribution in [0.15, 0.2) is 28.7 Å². The van der Waals surface area contributed by atoms with Gasteiger partial charge in [0.1, 0.15) is 5.75 Å². The van der Waals surface area contributed by atoms with Gasteiger partial charge in [-0.05, 0) is 31.0 Å². The van der Waals surface area contributed by atoms with E-state index in [9.17, 15) is 9.90 Å². The molecule has 2 rings (SSSR count). The van der Waals surface area contributed by atoms with Crippen LogP contribution in [0.1, 0.15) is 44.9 Å². The summed E-state index contributed by atoms with van der Waals surface area (Å²) in [6, 6.07) is 7.16. The SMILES string of the molecule is O=C(CC1(O)CCCCCC1)Oc1cccc(Br)c1. The predicted molar refractivity (Wildman–Crippen MR) is 77.0 cm³/mol. The van der Waals surface area contributed by atoms with Gasteiger partial charge in [-0.3, -0.25) is 4.79 Å². The Hall–Kier alpha value is -0.870. The summed E-state index contributed by atoms with van der Waals surface area (Å²) in [5.41, 5.74) is -0.875. The topological polar surface area (TPSA) is 46.5 Å².